The van der Waals surface area contributed by atoms with Gasteiger partial charge in [-0.1, -0.05) is 23.7 Å². The first-order chi connectivity index (χ1) is 10.2. The predicted molar refractivity (Wildman–Crippen MR) is 86.7 cm³/mol. The fourth-order valence-electron chi connectivity index (χ4n) is 1.96. The Morgan fingerprint density at radius 2 is 2.14 bits per heavy atom. The number of halogens is 1. The summed E-state index contributed by atoms with van der Waals surface area (Å²) in [4.78, 5) is 13.7. The van der Waals surface area contributed by atoms with E-state index in [0.29, 0.717) is 11.0 Å². The number of nitrogens with one attached hydrogen (secondary N) is 1. The molecule has 3 aromatic rings. The summed E-state index contributed by atoms with van der Waals surface area (Å²) in [6, 6.07) is 10.1. The minimum atomic E-state index is 0.567. The first-order valence-electron chi connectivity index (χ1n) is 6.45. The van der Waals surface area contributed by atoms with E-state index in [1.54, 1.807) is 12.4 Å². The smallest absolute Gasteiger partial charge is 0.183 e. The Morgan fingerprint density at radius 1 is 1.24 bits per heavy atom. The summed E-state index contributed by atoms with van der Waals surface area (Å²) >= 11 is 7.31. The zero-order valence-corrected chi connectivity index (χ0v) is 12.9. The highest BCUT2D eigenvalue weighted by Crippen LogP contribution is 2.22. The topological polar surface area (TPSA) is 50.7 Å². The van der Waals surface area contributed by atoms with Gasteiger partial charge in [0.15, 0.2) is 4.47 Å². The van der Waals surface area contributed by atoms with Crippen LogP contribution in [0.15, 0.2) is 42.7 Å². The molecule has 0 radical (unpaired) electrons. The standard InChI is InChI=1S/C15H13ClN4S/c1-10-17-6-5-14(20-10)11-3-2-4-12(7-11)18-8-13-9-19-15(16)21-13/h2-7,9,18H,8H2,1H3. The van der Waals surface area contributed by atoms with Crippen LogP contribution >= 0.6 is 22.9 Å². The van der Waals surface area contributed by atoms with Crippen LogP contribution in [0.2, 0.25) is 4.47 Å². The van der Waals surface area contributed by atoms with Crippen molar-refractivity contribution in [2.45, 2.75) is 13.5 Å². The molecule has 0 spiro atoms. The van der Waals surface area contributed by atoms with Gasteiger partial charge < -0.3 is 5.32 Å². The number of hydrogen-bond acceptors (Lipinski definition) is 5. The van der Waals surface area contributed by atoms with Crippen LogP contribution in [0.3, 0.4) is 0 Å². The summed E-state index contributed by atoms with van der Waals surface area (Å²) in [7, 11) is 0. The molecule has 4 nitrogen and oxygen atoms in total. The predicted octanol–water partition coefficient (Wildman–Crippen LogP) is 4.17. The van der Waals surface area contributed by atoms with Gasteiger partial charge in [-0.25, -0.2) is 15.0 Å². The van der Waals surface area contributed by atoms with E-state index in [0.717, 1.165) is 27.6 Å². The molecular formula is C15H13ClN4S. The molecule has 21 heavy (non-hydrogen) atoms. The van der Waals surface area contributed by atoms with Gasteiger partial charge in [-0.3, -0.25) is 0 Å². The summed E-state index contributed by atoms with van der Waals surface area (Å²) in [6.07, 6.45) is 3.56. The second-order valence-corrected chi connectivity index (χ2v) is 6.20. The lowest BCUT2D eigenvalue weighted by atomic mass is 10.1. The average molecular weight is 317 g/mol. The molecule has 6 heteroatoms. The molecule has 3 rings (SSSR count). The molecule has 0 aliphatic rings. The highest BCUT2D eigenvalue weighted by Gasteiger charge is 2.03. The Morgan fingerprint density at radius 3 is 2.90 bits per heavy atom. The van der Waals surface area contributed by atoms with Gasteiger partial charge in [0.25, 0.3) is 0 Å². The summed E-state index contributed by atoms with van der Waals surface area (Å²) in [5.74, 6) is 0.769. The number of aromatic nitrogens is 3. The van der Waals surface area contributed by atoms with Crippen LogP contribution in [-0.2, 0) is 6.54 Å². The van der Waals surface area contributed by atoms with Crippen molar-refractivity contribution in [2.24, 2.45) is 0 Å². The van der Waals surface area contributed by atoms with Crippen LogP contribution in [0.1, 0.15) is 10.7 Å². The molecule has 1 aromatic carbocycles. The third-order valence-electron chi connectivity index (χ3n) is 2.93. The van der Waals surface area contributed by atoms with Crippen LogP contribution < -0.4 is 5.32 Å². The van der Waals surface area contributed by atoms with Crippen molar-refractivity contribution in [3.63, 3.8) is 0 Å². The molecular weight excluding hydrogens is 304 g/mol. The number of thiazole rings is 1. The average Bonchev–Trinajstić information content (AvgIpc) is 2.91. The highest BCUT2D eigenvalue weighted by molar-refractivity contribution is 7.15. The van der Waals surface area contributed by atoms with Crippen molar-refractivity contribution < 1.29 is 0 Å². The van der Waals surface area contributed by atoms with Crippen LogP contribution in [-0.4, -0.2) is 15.0 Å². The highest BCUT2D eigenvalue weighted by atomic mass is 35.5. The van der Waals surface area contributed by atoms with E-state index in [1.165, 1.54) is 11.3 Å². The maximum Gasteiger partial charge on any atom is 0.183 e. The molecule has 2 aromatic heterocycles. The minimum Gasteiger partial charge on any atom is -0.380 e. The summed E-state index contributed by atoms with van der Waals surface area (Å²) in [6.45, 7) is 2.59. The number of hydrogen-bond donors (Lipinski definition) is 1. The molecule has 0 saturated heterocycles. The second kappa shape index (κ2) is 6.20. The van der Waals surface area contributed by atoms with Gasteiger partial charge in [0.2, 0.25) is 0 Å². The van der Waals surface area contributed by atoms with Gasteiger partial charge in [-0.2, -0.15) is 0 Å². The molecule has 106 valence electrons. The first-order valence-corrected chi connectivity index (χ1v) is 7.64. The van der Waals surface area contributed by atoms with E-state index in [-0.39, 0.29) is 0 Å². The van der Waals surface area contributed by atoms with E-state index >= 15 is 0 Å². The maximum absolute atomic E-state index is 5.83. The molecule has 1 N–H and O–H groups in total. The quantitative estimate of drug-likeness (QED) is 0.784. The molecule has 0 saturated carbocycles. The van der Waals surface area contributed by atoms with E-state index in [1.807, 2.05) is 31.2 Å². The SMILES string of the molecule is Cc1nccc(-c2cccc(NCc3cnc(Cl)s3)c2)n1. The number of nitrogens with zero attached hydrogens (tertiary/aromatic N) is 3. The fraction of sp³-hybridized carbons (Fsp3) is 0.133. The van der Waals surface area contributed by atoms with Crippen molar-refractivity contribution in [1.82, 2.24) is 15.0 Å². The third kappa shape index (κ3) is 3.56. The maximum atomic E-state index is 5.83. The van der Waals surface area contributed by atoms with Crippen molar-refractivity contribution in [3.8, 4) is 11.3 Å². The molecule has 0 aliphatic heterocycles. The molecule has 2 heterocycles. The van der Waals surface area contributed by atoms with Crippen LogP contribution in [0.25, 0.3) is 11.3 Å². The van der Waals surface area contributed by atoms with Crippen molar-refractivity contribution >= 4 is 28.6 Å². The van der Waals surface area contributed by atoms with E-state index in [4.69, 9.17) is 11.6 Å². The Bertz CT molecular complexity index is 757. The number of anilines is 1. The molecule has 0 aliphatic carbocycles. The zero-order chi connectivity index (χ0) is 14.7. The summed E-state index contributed by atoms with van der Waals surface area (Å²) in [5, 5.41) is 3.37. The van der Waals surface area contributed by atoms with E-state index in [9.17, 15) is 0 Å². The first kappa shape index (κ1) is 14.0. The molecule has 0 amide bonds. The Balaban J connectivity index is 1.77. The monoisotopic (exact) mass is 316 g/mol. The van der Waals surface area contributed by atoms with E-state index in [2.05, 4.69) is 26.3 Å². The fourth-order valence-corrected chi connectivity index (χ4v) is 2.88. The largest absolute Gasteiger partial charge is 0.380 e. The number of rotatable bonds is 4. The molecule has 0 fully saturated rings. The van der Waals surface area contributed by atoms with Gasteiger partial charge in [0.1, 0.15) is 5.82 Å². The van der Waals surface area contributed by atoms with Crippen LogP contribution in [0.5, 0.6) is 0 Å². The summed E-state index contributed by atoms with van der Waals surface area (Å²) in [5.41, 5.74) is 3.02. The number of aryl methyl sites for hydroxylation is 1. The van der Waals surface area contributed by atoms with Gasteiger partial charge >= 0.3 is 0 Å². The number of benzene rings is 1. The van der Waals surface area contributed by atoms with Crippen molar-refractivity contribution in [3.05, 3.63) is 57.9 Å². The molecule has 0 atom stereocenters. The van der Waals surface area contributed by atoms with E-state index < -0.39 is 0 Å². The van der Waals surface area contributed by atoms with Gasteiger partial charge in [-0.15, -0.1) is 11.3 Å². The van der Waals surface area contributed by atoms with Gasteiger partial charge in [0, 0.05) is 28.5 Å². The minimum absolute atomic E-state index is 0.567. The van der Waals surface area contributed by atoms with Gasteiger partial charge in [0.05, 0.1) is 12.2 Å². The van der Waals surface area contributed by atoms with Crippen LogP contribution in [0, 0.1) is 6.92 Å². The van der Waals surface area contributed by atoms with Gasteiger partial charge in [-0.05, 0) is 25.1 Å². The Hall–Kier alpha value is -1.98. The lowest BCUT2D eigenvalue weighted by Gasteiger charge is -2.07. The molecule has 0 unspecified atom stereocenters. The Kier molecular flexibility index (Phi) is 4.13. The lowest BCUT2D eigenvalue weighted by molar-refractivity contribution is 1.06. The zero-order valence-electron chi connectivity index (χ0n) is 11.4. The summed E-state index contributed by atoms with van der Waals surface area (Å²) < 4.78 is 0.567. The lowest BCUT2D eigenvalue weighted by Crippen LogP contribution is -1.97. The molecule has 0 bridgehead atoms. The second-order valence-electron chi connectivity index (χ2n) is 4.50. The normalized spacial score (nSPS) is 10.6. The van der Waals surface area contributed by atoms with Crippen molar-refractivity contribution in [1.29, 1.82) is 0 Å². The van der Waals surface area contributed by atoms with Crippen molar-refractivity contribution in [2.75, 3.05) is 5.32 Å². The Labute approximate surface area is 131 Å². The van der Waals surface area contributed by atoms with Crippen LogP contribution in [0.4, 0.5) is 5.69 Å². The third-order valence-corrected chi connectivity index (χ3v) is 4.04.